The van der Waals surface area contributed by atoms with Gasteiger partial charge >= 0.3 is 6.09 Å². The molecule has 0 aliphatic rings. The Balaban J connectivity index is 3.76. The van der Waals surface area contributed by atoms with E-state index in [1.54, 1.807) is 13.8 Å². The van der Waals surface area contributed by atoms with Gasteiger partial charge in [0.15, 0.2) is 5.90 Å². The highest BCUT2D eigenvalue weighted by molar-refractivity contribution is 5.86. The minimum Gasteiger partial charge on any atom is -0.481 e. The monoisotopic (exact) mass is 159 g/mol. The fraction of sp³-hybridized carbons (Fsp3) is 0.714. The molecule has 4 heteroatoms. The number of ether oxygens (including phenoxy) is 2. The topological polar surface area (TPSA) is 47.9 Å². The molecule has 0 aliphatic heterocycles. The molecule has 0 N–H and O–H groups in total. The molecule has 0 atom stereocenters. The maximum Gasteiger partial charge on any atom is 0.436 e. The predicted octanol–water partition coefficient (Wildman–Crippen LogP) is 1.60. The highest BCUT2D eigenvalue weighted by atomic mass is 16.6. The number of aliphatic imine (C=N–C) groups is 1. The Kier molecular flexibility index (Phi) is 5.15. The minimum atomic E-state index is -0.599. The lowest BCUT2D eigenvalue weighted by Crippen LogP contribution is -2.05. The third-order valence-corrected chi connectivity index (χ3v) is 0.870. The number of rotatable bonds is 2. The lowest BCUT2D eigenvalue weighted by Gasteiger charge is -1.99. The lowest BCUT2D eigenvalue weighted by atomic mass is 10.7. The average molecular weight is 159 g/mol. The van der Waals surface area contributed by atoms with Crippen molar-refractivity contribution in [3.63, 3.8) is 0 Å². The van der Waals surface area contributed by atoms with E-state index in [-0.39, 0.29) is 0 Å². The van der Waals surface area contributed by atoms with Gasteiger partial charge in [-0.15, -0.1) is 4.99 Å². The van der Waals surface area contributed by atoms with Crippen molar-refractivity contribution < 1.29 is 14.3 Å². The number of hydrogen-bond donors (Lipinski definition) is 0. The Morgan fingerprint density at radius 2 is 1.82 bits per heavy atom. The van der Waals surface area contributed by atoms with E-state index in [0.717, 1.165) is 0 Å². The molecule has 11 heavy (non-hydrogen) atoms. The van der Waals surface area contributed by atoms with E-state index in [4.69, 9.17) is 4.74 Å². The van der Waals surface area contributed by atoms with Crippen molar-refractivity contribution in [2.75, 3.05) is 13.2 Å². The first-order chi connectivity index (χ1) is 5.20. The van der Waals surface area contributed by atoms with Crippen molar-refractivity contribution in [1.29, 1.82) is 0 Å². The van der Waals surface area contributed by atoms with E-state index < -0.39 is 6.09 Å². The molecule has 0 radical (unpaired) electrons. The van der Waals surface area contributed by atoms with Gasteiger partial charge in [0, 0.05) is 6.92 Å². The van der Waals surface area contributed by atoms with Crippen LogP contribution in [0, 0.1) is 0 Å². The molecule has 0 aromatic rings. The van der Waals surface area contributed by atoms with Gasteiger partial charge in [0.2, 0.25) is 0 Å². The van der Waals surface area contributed by atoms with Gasteiger partial charge in [-0.2, -0.15) is 0 Å². The Morgan fingerprint density at radius 3 is 2.27 bits per heavy atom. The van der Waals surface area contributed by atoms with Crippen LogP contribution in [0.1, 0.15) is 20.8 Å². The molecule has 0 fully saturated rings. The summed E-state index contributed by atoms with van der Waals surface area (Å²) in [6.45, 7) is 6.00. The molecule has 0 rings (SSSR count). The summed E-state index contributed by atoms with van der Waals surface area (Å²) in [7, 11) is 0. The summed E-state index contributed by atoms with van der Waals surface area (Å²) >= 11 is 0. The number of carbonyl (C=O) groups is 1. The Bertz CT molecular complexity index is 154. The first-order valence-corrected chi connectivity index (χ1v) is 3.55. The Hall–Kier alpha value is -1.06. The SMILES string of the molecule is CCOC(=O)N=C(C)OCC. The van der Waals surface area contributed by atoms with Crippen molar-refractivity contribution in [1.82, 2.24) is 0 Å². The zero-order chi connectivity index (χ0) is 8.69. The van der Waals surface area contributed by atoms with Crippen LogP contribution in [0.3, 0.4) is 0 Å². The van der Waals surface area contributed by atoms with Crippen molar-refractivity contribution in [3.8, 4) is 0 Å². The van der Waals surface area contributed by atoms with E-state index in [1.807, 2.05) is 6.92 Å². The van der Waals surface area contributed by atoms with Gasteiger partial charge in [0.25, 0.3) is 0 Å². The van der Waals surface area contributed by atoms with Crippen LogP contribution in [0.15, 0.2) is 4.99 Å². The first kappa shape index (κ1) is 9.94. The lowest BCUT2D eigenvalue weighted by molar-refractivity contribution is 0.162. The summed E-state index contributed by atoms with van der Waals surface area (Å²) in [6, 6.07) is 0. The van der Waals surface area contributed by atoms with Gasteiger partial charge in [-0.3, -0.25) is 0 Å². The van der Waals surface area contributed by atoms with Gasteiger partial charge in [-0.1, -0.05) is 0 Å². The molecule has 64 valence electrons. The van der Waals surface area contributed by atoms with E-state index in [2.05, 4.69) is 9.73 Å². The predicted molar refractivity (Wildman–Crippen MR) is 41.8 cm³/mol. The molecule has 0 saturated heterocycles. The molecule has 0 aromatic heterocycles. The van der Waals surface area contributed by atoms with Gasteiger partial charge in [0.1, 0.15) is 0 Å². The van der Waals surface area contributed by atoms with Crippen LogP contribution in [0.25, 0.3) is 0 Å². The largest absolute Gasteiger partial charge is 0.481 e. The standard InChI is InChI=1S/C7H13NO3/c1-4-10-6(3)8-7(9)11-5-2/h4-5H2,1-3H3. The number of hydrogen-bond acceptors (Lipinski definition) is 3. The molecule has 0 spiro atoms. The average Bonchev–Trinajstić information content (AvgIpc) is 1.87. The van der Waals surface area contributed by atoms with Crippen LogP contribution in [0.5, 0.6) is 0 Å². The van der Waals surface area contributed by atoms with Crippen LogP contribution < -0.4 is 0 Å². The van der Waals surface area contributed by atoms with E-state index >= 15 is 0 Å². The van der Waals surface area contributed by atoms with Gasteiger partial charge in [-0.25, -0.2) is 4.79 Å². The normalized spacial score (nSPS) is 11.0. The molecule has 0 aliphatic carbocycles. The van der Waals surface area contributed by atoms with E-state index in [1.165, 1.54) is 0 Å². The number of nitrogens with zero attached hydrogens (tertiary/aromatic N) is 1. The Morgan fingerprint density at radius 1 is 1.27 bits per heavy atom. The molecule has 0 aromatic carbocycles. The smallest absolute Gasteiger partial charge is 0.436 e. The van der Waals surface area contributed by atoms with Crippen molar-refractivity contribution in [2.45, 2.75) is 20.8 Å². The summed E-state index contributed by atoms with van der Waals surface area (Å²) in [6.07, 6.45) is -0.599. The second-order valence-electron chi connectivity index (χ2n) is 1.76. The van der Waals surface area contributed by atoms with Crippen LogP contribution in [-0.4, -0.2) is 25.2 Å². The van der Waals surface area contributed by atoms with E-state index in [9.17, 15) is 4.79 Å². The van der Waals surface area contributed by atoms with Crippen LogP contribution in [-0.2, 0) is 9.47 Å². The maximum atomic E-state index is 10.6. The zero-order valence-corrected chi connectivity index (χ0v) is 7.09. The van der Waals surface area contributed by atoms with Gasteiger partial charge in [0.05, 0.1) is 13.2 Å². The van der Waals surface area contributed by atoms with Crippen LogP contribution in [0.4, 0.5) is 4.79 Å². The summed E-state index contributed by atoms with van der Waals surface area (Å²) < 4.78 is 9.46. The van der Waals surface area contributed by atoms with Crippen LogP contribution in [0.2, 0.25) is 0 Å². The summed E-state index contributed by atoms with van der Waals surface area (Å²) in [5, 5.41) is 0. The van der Waals surface area contributed by atoms with Crippen molar-refractivity contribution in [3.05, 3.63) is 0 Å². The molecule has 0 heterocycles. The molecule has 0 unspecified atom stereocenters. The third-order valence-electron chi connectivity index (χ3n) is 0.870. The summed E-state index contributed by atoms with van der Waals surface area (Å²) in [5.74, 6) is 0.339. The third kappa shape index (κ3) is 5.39. The van der Waals surface area contributed by atoms with Crippen LogP contribution >= 0.6 is 0 Å². The van der Waals surface area contributed by atoms with Crippen molar-refractivity contribution >= 4 is 12.0 Å². The molecule has 1 amide bonds. The first-order valence-electron chi connectivity index (χ1n) is 3.55. The van der Waals surface area contributed by atoms with E-state index in [0.29, 0.717) is 19.1 Å². The fourth-order valence-corrected chi connectivity index (χ4v) is 0.525. The highest BCUT2D eigenvalue weighted by Gasteiger charge is 1.98. The molecule has 0 saturated carbocycles. The minimum absolute atomic E-state index is 0.335. The summed E-state index contributed by atoms with van der Waals surface area (Å²) in [5.41, 5.74) is 0. The molecule has 4 nitrogen and oxygen atoms in total. The Labute approximate surface area is 66.2 Å². The number of carbonyl (C=O) groups excluding carboxylic acids is 1. The van der Waals surface area contributed by atoms with Crippen molar-refractivity contribution in [2.24, 2.45) is 4.99 Å². The zero-order valence-electron chi connectivity index (χ0n) is 7.09. The highest BCUT2D eigenvalue weighted by Crippen LogP contribution is 1.87. The fourth-order valence-electron chi connectivity index (χ4n) is 0.525. The molecule has 0 bridgehead atoms. The maximum absolute atomic E-state index is 10.6. The number of amides is 1. The van der Waals surface area contributed by atoms with Gasteiger partial charge < -0.3 is 9.47 Å². The quantitative estimate of drug-likeness (QED) is 0.454. The summed E-state index contributed by atoms with van der Waals surface area (Å²) in [4.78, 5) is 14.1. The van der Waals surface area contributed by atoms with Gasteiger partial charge in [-0.05, 0) is 13.8 Å². The molecular formula is C7H13NO3. The second-order valence-corrected chi connectivity index (χ2v) is 1.76. The molecular weight excluding hydrogens is 146 g/mol. The second kappa shape index (κ2) is 5.70.